The van der Waals surface area contributed by atoms with Gasteiger partial charge in [0.05, 0.1) is 5.25 Å². The van der Waals surface area contributed by atoms with Crippen LogP contribution in [-0.4, -0.2) is 49.4 Å². The Morgan fingerprint density at radius 2 is 1.76 bits per heavy atom. The van der Waals surface area contributed by atoms with E-state index in [1.165, 1.54) is 19.3 Å². The van der Waals surface area contributed by atoms with E-state index in [-0.39, 0.29) is 22.7 Å². The Hall–Kier alpha value is -3.21. The molecule has 3 aromatic rings. The molecule has 0 bridgehead atoms. The van der Waals surface area contributed by atoms with E-state index >= 15 is 0 Å². The molecule has 0 saturated carbocycles. The zero-order chi connectivity index (χ0) is 24.0. The second-order valence-electron chi connectivity index (χ2n) is 7.30. The minimum absolute atomic E-state index is 0.00640. The molecule has 0 aliphatic rings. The first-order chi connectivity index (χ1) is 15.6. The van der Waals surface area contributed by atoms with Gasteiger partial charge < -0.3 is 5.32 Å². The maximum atomic E-state index is 13.2. The number of Topliss-reactive ketones (excluding diaryl/α,β-unsaturated/α-hetero) is 1. The molecule has 33 heavy (non-hydrogen) atoms. The molecule has 7 nitrogen and oxygen atoms in total. The maximum Gasteiger partial charge on any atom is 0.406 e. The molecule has 1 unspecified atom stereocenters. The normalized spacial score (nSPS) is 12.4. The first-order valence-corrected chi connectivity index (χ1v) is 11.0. The quantitative estimate of drug-likeness (QED) is 0.371. The molecule has 0 spiro atoms. The van der Waals surface area contributed by atoms with E-state index in [2.05, 4.69) is 20.5 Å². The van der Waals surface area contributed by atoms with Gasteiger partial charge in [0, 0.05) is 37.0 Å². The van der Waals surface area contributed by atoms with E-state index < -0.39 is 18.0 Å². The number of halogens is 3. The van der Waals surface area contributed by atoms with Gasteiger partial charge in [-0.15, -0.1) is 10.2 Å². The highest BCUT2D eigenvalue weighted by atomic mass is 32.2. The summed E-state index contributed by atoms with van der Waals surface area (Å²) in [4.78, 5) is 27.7. The third kappa shape index (κ3) is 6.88. The molecule has 0 fully saturated rings. The minimum Gasteiger partial charge on any atom is -0.356 e. The fourth-order valence-corrected chi connectivity index (χ4v) is 4.00. The van der Waals surface area contributed by atoms with Gasteiger partial charge in [-0.05, 0) is 31.0 Å². The molecular weight excluding hydrogens is 455 g/mol. The highest BCUT2D eigenvalue weighted by Crippen LogP contribution is 2.31. The van der Waals surface area contributed by atoms with E-state index in [0.29, 0.717) is 24.1 Å². The van der Waals surface area contributed by atoms with Crippen molar-refractivity contribution < 1.29 is 22.8 Å². The van der Waals surface area contributed by atoms with Crippen molar-refractivity contribution in [3.63, 3.8) is 0 Å². The number of thioether (sulfide) groups is 1. The highest BCUT2D eigenvalue weighted by Gasteiger charge is 2.32. The number of benzene rings is 1. The first-order valence-electron chi connectivity index (χ1n) is 10.1. The van der Waals surface area contributed by atoms with Crippen LogP contribution in [-0.2, 0) is 17.8 Å². The van der Waals surface area contributed by atoms with Crippen LogP contribution in [0.25, 0.3) is 11.4 Å². The molecule has 0 radical (unpaired) electrons. The molecule has 1 atom stereocenters. The summed E-state index contributed by atoms with van der Waals surface area (Å²) in [5, 5.41) is 9.88. The number of alkyl halides is 3. The van der Waals surface area contributed by atoms with Gasteiger partial charge in [-0.2, -0.15) is 13.2 Å². The highest BCUT2D eigenvalue weighted by molar-refractivity contribution is 8.00. The third-order valence-electron chi connectivity index (χ3n) is 4.67. The van der Waals surface area contributed by atoms with Crippen LogP contribution in [0.15, 0.2) is 53.9 Å². The van der Waals surface area contributed by atoms with Gasteiger partial charge in [-0.3, -0.25) is 19.1 Å². The van der Waals surface area contributed by atoms with Crippen LogP contribution in [0.1, 0.15) is 29.8 Å². The Morgan fingerprint density at radius 3 is 2.36 bits per heavy atom. The van der Waals surface area contributed by atoms with Crippen molar-refractivity contribution in [3.05, 3.63) is 59.9 Å². The van der Waals surface area contributed by atoms with Crippen molar-refractivity contribution in [2.24, 2.45) is 0 Å². The van der Waals surface area contributed by atoms with Crippen LogP contribution >= 0.6 is 11.8 Å². The Kier molecular flexibility index (Phi) is 7.85. The number of amides is 1. The molecule has 2 aromatic heterocycles. The topological polar surface area (TPSA) is 89.8 Å². The molecule has 2 heterocycles. The summed E-state index contributed by atoms with van der Waals surface area (Å²) in [6.07, 6.45) is -0.946. The number of carbonyl (C=O) groups excluding carboxylic acids is 2. The van der Waals surface area contributed by atoms with Gasteiger partial charge in [0.1, 0.15) is 6.54 Å². The fourth-order valence-electron chi connectivity index (χ4n) is 3.08. The van der Waals surface area contributed by atoms with Crippen LogP contribution in [0.4, 0.5) is 13.2 Å². The summed E-state index contributed by atoms with van der Waals surface area (Å²) in [5.74, 6) is -0.293. The molecule has 0 aliphatic carbocycles. The van der Waals surface area contributed by atoms with Crippen molar-refractivity contribution in [1.82, 2.24) is 25.1 Å². The second kappa shape index (κ2) is 10.6. The Balaban J connectivity index is 1.75. The standard InChI is InChI=1S/C22H22F3N5O2S/c1-14(19(32)17-5-3-16(4-6-17)7-12-27-15(2)31)33-21-29-28-20(18-8-10-26-11-9-18)30(21)13-22(23,24)25/h3-6,8-11,14H,7,12-13H2,1-2H3,(H,27,31). The van der Waals surface area contributed by atoms with Crippen molar-refractivity contribution in [1.29, 1.82) is 0 Å². The minimum atomic E-state index is -4.49. The summed E-state index contributed by atoms with van der Waals surface area (Å²) in [7, 11) is 0. The van der Waals surface area contributed by atoms with Crippen molar-refractivity contribution in [2.45, 2.75) is 43.4 Å². The summed E-state index contributed by atoms with van der Waals surface area (Å²) in [6, 6.07) is 10.0. The lowest BCUT2D eigenvalue weighted by atomic mass is 10.0. The zero-order valence-electron chi connectivity index (χ0n) is 18.0. The van der Waals surface area contributed by atoms with Crippen molar-refractivity contribution in [2.75, 3.05) is 6.54 Å². The van der Waals surface area contributed by atoms with E-state index in [0.717, 1.165) is 21.9 Å². The zero-order valence-corrected chi connectivity index (χ0v) is 18.8. The van der Waals surface area contributed by atoms with Crippen molar-refractivity contribution in [3.8, 4) is 11.4 Å². The number of nitrogens with zero attached hydrogens (tertiary/aromatic N) is 4. The van der Waals surface area contributed by atoms with Gasteiger partial charge in [-0.1, -0.05) is 36.0 Å². The van der Waals surface area contributed by atoms with Crippen LogP contribution in [0.5, 0.6) is 0 Å². The lowest BCUT2D eigenvalue weighted by Crippen LogP contribution is -2.22. The van der Waals surface area contributed by atoms with Crippen molar-refractivity contribution >= 4 is 23.5 Å². The molecule has 0 aliphatic heterocycles. The average molecular weight is 478 g/mol. The van der Waals surface area contributed by atoms with Crippen LogP contribution in [0.3, 0.4) is 0 Å². The second-order valence-corrected chi connectivity index (χ2v) is 8.61. The average Bonchev–Trinajstić information content (AvgIpc) is 3.14. The van der Waals surface area contributed by atoms with Crippen LogP contribution in [0.2, 0.25) is 0 Å². The number of hydrogen-bond donors (Lipinski definition) is 1. The molecule has 1 amide bonds. The largest absolute Gasteiger partial charge is 0.406 e. The number of aromatic nitrogens is 4. The molecule has 174 valence electrons. The summed E-state index contributed by atoms with van der Waals surface area (Å²) in [6.45, 7) is 2.28. The predicted octanol–water partition coefficient (Wildman–Crippen LogP) is 3.94. The van der Waals surface area contributed by atoms with E-state index in [1.54, 1.807) is 43.3 Å². The molecule has 0 saturated heterocycles. The van der Waals surface area contributed by atoms with Gasteiger partial charge >= 0.3 is 6.18 Å². The van der Waals surface area contributed by atoms with Gasteiger partial charge in [0.2, 0.25) is 5.91 Å². The molecular formula is C22H22F3N5O2S. The van der Waals surface area contributed by atoms with E-state index in [4.69, 9.17) is 0 Å². The van der Waals surface area contributed by atoms with E-state index in [1.807, 2.05) is 0 Å². The maximum absolute atomic E-state index is 13.2. The number of pyridine rings is 1. The Labute approximate surface area is 192 Å². The number of carbonyl (C=O) groups is 2. The fraction of sp³-hybridized carbons (Fsp3) is 0.318. The molecule has 1 N–H and O–H groups in total. The molecule has 11 heteroatoms. The Bertz CT molecular complexity index is 1100. The lowest BCUT2D eigenvalue weighted by Gasteiger charge is -2.15. The van der Waals surface area contributed by atoms with Gasteiger partial charge in [-0.25, -0.2) is 0 Å². The van der Waals surface area contributed by atoms with Crippen LogP contribution < -0.4 is 5.32 Å². The van der Waals surface area contributed by atoms with Gasteiger partial charge in [0.25, 0.3) is 0 Å². The predicted molar refractivity (Wildman–Crippen MR) is 118 cm³/mol. The van der Waals surface area contributed by atoms with E-state index in [9.17, 15) is 22.8 Å². The molecule has 1 aromatic carbocycles. The lowest BCUT2D eigenvalue weighted by molar-refractivity contribution is -0.141. The number of nitrogens with one attached hydrogen (secondary N) is 1. The van der Waals surface area contributed by atoms with Crippen LogP contribution in [0, 0.1) is 0 Å². The number of ketones is 1. The summed E-state index contributed by atoms with van der Waals surface area (Å²) in [5.41, 5.74) is 1.84. The Morgan fingerprint density at radius 1 is 1.09 bits per heavy atom. The first kappa shape index (κ1) is 24.4. The number of rotatable bonds is 9. The third-order valence-corrected chi connectivity index (χ3v) is 5.75. The smallest absolute Gasteiger partial charge is 0.356 e. The summed E-state index contributed by atoms with van der Waals surface area (Å²) < 4.78 is 40.7. The SMILES string of the molecule is CC(=O)NCCc1ccc(C(=O)C(C)Sc2nnc(-c3ccncc3)n2CC(F)(F)F)cc1. The number of hydrogen-bond acceptors (Lipinski definition) is 6. The van der Waals surface area contributed by atoms with Gasteiger partial charge in [0.15, 0.2) is 16.8 Å². The monoisotopic (exact) mass is 477 g/mol. The molecule has 3 rings (SSSR count). The summed E-state index contributed by atoms with van der Waals surface area (Å²) >= 11 is 0.927.